The third-order valence-corrected chi connectivity index (χ3v) is 3.63. The molecule has 3 heterocycles. The number of fused-ring (bicyclic) bond motifs is 1. The van der Waals surface area contributed by atoms with Crippen molar-refractivity contribution in [3.63, 3.8) is 0 Å². The number of nitrogens with one attached hydrogen (secondary N) is 1. The average Bonchev–Trinajstić information content (AvgIpc) is 2.90. The Kier molecular flexibility index (Phi) is 2.21. The fraction of sp³-hybridized carbons (Fsp3) is 0.636. The molecule has 16 heavy (non-hydrogen) atoms. The zero-order valence-corrected chi connectivity index (χ0v) is 9.27. The summed E-state index contributed by atoms with van der Waals surface area (Å²) in [5.41, 5.74) is 1.28. The lowest BCUT2D eigenvalue weighted by atomic mass is 10.1. The number of carbonyl (C=O) groups excluding carboxylic acids is 1. The van der Waals surface area contributed by atoms with Crippen molar-refractivity contribution in [2.45, 2.75) is 31.8 Å². The summed E-state index contributed by atoms with van der Waals surface area (Å²) in [6.45, 7) is 3.66. The third-order valence-electron chi connectivity index (χ3n) is 3.63. The Hall–Kier alpha value is -1.36. The molecule has 2 saturated heterocycles. The molecule has 5 nitrogen and oxygen atoms in total. The van der Waals surface area contributed by atoms with Crippen LogP contribution in [0.15, 0.2) is 10.8 Å². The summed E-state index contributed by atoms with van der Waals surface area (Å²) in [6, 6.07) is 0.853. The molecule has 2 fully saturated rings. The van der Waals surface area contributed by atoms with E-state index >= 15 is 0 Å². The summed E-state index contributed by atoms with van der Waals surface area (Å²) in [5, 5.41) is 7.19. The largest absolute Gasteiger partial charge is 0.364 e. The van der Waals surface area contributed by atoms with E-state index in [0.29, 0.717) is 23.3 Å². The minimum Gasteiger partial charge on any atom is -0.364 e. The van der Waals surface area contributed by atoms with Gasteiger partial charge >= 0.3 is 0 Å². The van der Waals surface area contributed by atoms with Crippen LogP contribution in [0.25, 0.3) is 0 Å². The first kappa shape index (κ1) is 9.84. The highest BCUT2D eigenvalue weighted by Gasteiger charge is 2.40. The Morgan fingerprint density at radius 3 is 3.25 bits per heavy atom. The van der Waals surface area contributed by atoms with E-state index < -0.39 is 0 Å². The molecule has 0 spiro atoms. The molecule has 5 heteroatoms. The smallest absolute Gasteiger partial charge is 0.259 e. The van der Waals surface area contributed by atoms with Crippen LogP contribution in [-0.4, -0.2) is 41.1 Å². The van der Waals surface area contributed by atoms with Crippen LogP contribution < -0.4 is 5.32 Å². The minimum atomic E-state index is 0.0648. The summed E-state index contributed by atoms with van der Waals surface area (Å²) in [6.07, 6.45) is 3.56. The zero-order chi connectivity index (χ0) is 11.1. The molecule has 1 N–H and O–H groups in total. The topological polar surface area (TPSA) is 58.4 Å². The number of nitrogens with zero attached hydrogens (tertiary/aromatic N) is 2. The number of aromatic nitrogens is 1. The van der Waals surface area contributed by atoms with Crippen LogP contribution in [0.4, 0.5) is 0 Å². The monoisotopic (exact) mass is 221 g/mol. The van der Waals surface area contributed by atoms with Gasteiger partial charge in [-0.15, -0.1) is 0 Å². The molecule has 2 atom stereocenters. The van der Waals surface area contributed by atoms with Crippen molar-refractivity contribution < 1.29 is 9.32 Å². The van der Waals surface area contributed by atoms with Gasteiger partial charge in [-0.2, -0.15) is 0 Å². The average molecular weight is 221 g/mol. The molecule has 0 aromatic carbocycles. The lowest BCUT2D eigenvalue weighted by molar-refractivity contribution is 0.0735. The normalized spacial score (nSPS) is 28.4. The Morgan fingerprint density at radius 1 is 1.62 bits per heavy atom. The molecule has 0 aliphatic carbocycles. The van der Waals surface area contributed by atoms with Gasteiger partial charge in [0.15, 0.2) is 0 Å². The van der Waals surface area contributed by atoms with E-state index in [4.69, 9.17) is 4.52 Å². The van der Waals surface area contributed by atoms with Crippen LogP contribution in [0.5, 0.6) is 0 Å². The van der Waals surface area contributed by atoms with Crippen molar-refractivity contribution in [1.29, 1.82) is 0 Å². The number of rotatable bonds is 1. The fourth-order valence-electron chi connectivity index (χ4n) is 2.77. The Bertz CT molecular complexity index is 415. The Labute approximate surface area is 93.8 Å². The summed E-state index contributed by atoms with van der Waals surface area (Å²) < 4.78 is 4.82. The fourth-order valence-corrected chi connectivity index (χ4v) is 2.77. The molecule has 2 unspecified atom stereocenters. The van der Waals surface area contributed by atoms with Crippen LogP contribution in [0.3, 0.4) is 0 Å². The van der Waals surface area contributed by atoms with Gasteiger partial charge in [-0.05, 0) is 26.3 Å². The first-order valence-electron chi connectivity index (χ1n) is 5.72. The van der Waals surface area contributed by atoms with Gasteiger partial charge in [0.05, 0.1) is 5.69 Å². The standard InChI is InChI=1S/C11H15N3O2/c1-7-8(6-16-13-7)11(15)14-5-3-9-10(14)2-4-12-9/h6,9-10,12H,2-5H2,1H3. The van der Waals surface area contributed by atoms with Crippen LogP contribution in [0, 0.1) is 6.92 Å². The van der Waals surface area contributed by atoms with Crippen molar-refractivity contribution in [3.05, 3.63) is 17.5 Å². The second-order valence-corrected chi connectivity index (χ2v) is 4.52. The van der Waals surface area contributed by atoms with Gasteiger partial charge in [-0.25, -0.2) is 0 Å². The number of likely N-dealkylation sites (tertiary alicyclic amines) is 1. The van der Waals surface area contributed by atoms with Gasteiger partial charge in [0, 0.05) is 18.6 Å². The lowest BCUT2D eigenvalue weighted by Crippen LogP contribution is -2.38. The Balaban J connectivity index is 1.83. The van der Waals surface area contributed by atoms with Crippen molar-refractivity contribution in [2.24, 2.45) is 0 Å². The molecular weight excluding hydrogens is 206 g/mol. The molecular formula is C11H15N3O2. The van der Waals surface area contributed by atoms with E-state index in [0.717, 1.165) is 25.9 Å². The van der Waals surface area contributed by atoms with Crippen molar-refractivity contribution in [2.75, 3.05) is 13.1 Å². The van der Waals surface area contributed by atoms with E-state index in [1.807, 2.05) is 4.90 Å². The maximum atomic E-state index is 12.3. The number of aryl methyl sites for hydroxylation is 1. The number of hydrogen-bond acceptors (Lipinski definition) is 4. The highest BCUT2D eigenvalue weighted by Crippen LogP contribution is 2.27. The van der Waals surface area contributed by atoms with E-state index in [-0.39, 0.29) is 5.91 Å². The lowest BCUT2D eigenvalue weighted by Gasteiger charge is -2.22. The van der Waals surface area contributed by atoms with Gasteiger partial charge in [0.1, 0.15) is 11.8 Å². The van der Waals surface area contributed by atoms with E-state index in [2.05, 4.69) is 10.5 Å². The zero-order valence-electron chi connectivity index (χ0n) is 9.27. The number of carbonyl (C=O) groups is 1. The minimum absolute atomic E-state index is 0.0648. The highest BCUT2D eigenvalue weighted by atomic mass is 16.5. The van der Waals surface area contributed by atoms with Gasteiger partial charge in [0.2, 0.25) is 0 Å². The van der Waals surface area contributed by atoms with Crippen LogP contribution in [0.1, 0.15) is 28.9 Å². The molecule has 0 radical (unpaired) electrons. The van der Waals surface area contributed by atoms with Crippen LogP contribution >= 0.6 is 0 Å². The summed E-state index contributed by atoms with van der Waals surface area (Å²) >= 11 is 0. The SMILES string of the molecule is Cc1nocc1C(=O)N1CCC2NCCC21. The molecule has 1 amide bonds. The molecule has 1 aromatic rings. The summed E-state index contributed by atoms with van der Waals surface area (Å²) in [5.74, 6) is 0.0648. The Morgan fingerprint density at radius 2 is 2.50 bits per heavy atom. The predicted octanol–water partition coefficient (Wildman–Crippen LogP) is 0.559. The van der Waals surface area contributed by atoms with Gasteiger partial charge in [-0.1, -0.05) is 5.16 Å². The number of amides is 1. The maximum absolute atomic E-state index is 12.3. The molecule has 86 valence electrons. The number of hydrogen-bond donors (Lipinski definition) is 1. The first-order chi connectivity index (χ1) is 7.77. The van der Waals surface area contributed by atoms with E-state index in [1.54, 1.807) is 6.92 Å². The quantitative estimate of drug-likeness (QED) is 0.752. The highest BCUT2D eigenvalue weighted by molar-refractivity contribution is 5.95. The molecule has 0 saturated carbocycles. The molecule has 0 bridgehead atoms. The van der Waals surface area contributed by atoms with Crippen molar-refractivity contribution >= 4 is 5.91 Å². The van der Waals surface area contributed by atoms with Gasteiger partial charge < -0.3 is 14.7 Å². The first-order valence-corrected chi connectivity index (χ1v) is 5.72. The second-order valence-electron chi connectivity index (χ2n) is 4.52. The molecule has 2 aliphatic rings. The summed E-state index contributed by atoms with van der Waals surface area (Å²) in [4.78, 5) is 14.2. The van der Waals surface area contributed by atoms with Gasteiger partial charge in [-0.3, -0.25) is 4.79 Å². The van der Waals surface area contributed by atoms with Crippen molar-refractivity contribution in [3.8, 4) is 0 Å². The van der Waals surface area contributed by atoms with Gasteiger partial charge in [0.25, 0.3) is 5.91 Å². The molecule has 2 aliphatic heterocycles. The van der Waals surface area contributed by atoms with Crippen LogP contribution in [-0.2, 0) is 0 Å². The third kappa shape index (κ3) is 1.35. The predicted molar refractivity (Wildman–Crippen MR) is 57.1 cm³/mol. The van der Waals surface area contributed by atoms with Crippen molar-refractivity contribution in [1.82, 2.24) is 15.4 Å². The summed E-state index contributed by atoms with van der Waals surface area (Å²) in [7, 11) is 0. The molecule has 1 aromatic heterocycles. The molecule has 3 rings (SSSR count). The van der Waals surface area contributed by atoms with E-state index in [1.165, 1.54) is 6.26 Å². The second kappa shape index (κ2) is 3.59. The maximum Gasteiger partial charge on any atom is 0.259 e. The van der Waals surface area contributed by atoms with Crippen LogP contribution in [0.2, 0.25) is 0 Å². The van der Waals surface area contributed by atoms with E-state index in [9.17, 15) is 4.79 Å².